The van der Waals surface area contributed by atoms with Crippen LogP contribution in [-0.2, 0) is 25.4 Å². The summed E-state index contributed by atoms with van der Waals surface area (Å²) in [6.45, 7) is 0.777. The summed E-state index contributed by atoms with van der Waals surface area (Å²) >= 11 is 0. The number of fused-ring (bicyclic) bond motifs is 1. The van der Waals surface area contributed by atoms with Crippen LogP contribution in [0, 0.1) is 0 Å². The molecular formula is C18H17N9O4. The first-order valence-electron chi connectivity index (χ1n) is 9.42. The maximum atomic E-state index is 12.7. The Morgan fingerprint density at radius 2 is 1.97 bits per heavy atom. The van der Waals surface area contributed by atoms with Crippen LogP contribution in [-0.4, -0.2) is 62.7 Å². The Kier molecular flexibility index (Phi) is 4.23. The summed E-state index contributed by atoms with van der Waals surface area (Å²) in [5.41, 5.74) is -0.00888. The molecule has 1 aliphatic rings. The largest absolute Gasteiger partial charge is 0.339 e. The quantitative estimate of drug-likeness (QED) is 0.399. The van der Waals surface area contributed by atoms with Crippen LogP contribution >= 0.6 is 0 Å². The van der Waals surface area contributed by atoms with Crippen molar-refractivity contribution in [3.63, 3.8) is 0 Å². The van der Waals surface area contributed by atoms with Crippen molar-refractivity contribution in [2.45, 2.75) is 12.5 Å². The van der Waals surface area contributed by atoms with E-state index in [2.05, 4.69) is 25.1 Å². The molecule has 0 saturated carbocycles. The van der Waals surface area contributed by atoms with E-state index in [0.29, 0.717) is 30.5 Å². The zero-order chi connectivity index (χ0) is 21.7. The molecule has 4 aromatic rings. The lowest BCUT2D eigenvalue weighted by Gasteiger charge is -2.37. The minimum Gasteiger partial charge on any atom is -0.339 e. The molecule has 0 spiro atoms. The molecule has 0 unspecified atom stereocenters. The Hall–Kier alpha value is -4.16. The number of carbonyl (C=O) groups excluding carboxylic acids is 1. The number of nitrogens with zero attached hydrogens (tertiary/aromatic N) is 9. The van der Waals surface area contributed by atoms with Crippen LogP contribution in [0.5, 0.6) is 0 Å². The van der Waals surface area contributed by atoms with E-state index in [1.165, 1.54) is 29.6 Å². The second-order valence-corrected chi connectivity index (χ2v) is 7.29. The van der Waals surface area contributed by atoms with E-state index in [-0.39, 0.29) is 29.5 Å². The molecule has 1 amide bonds. The first-order valence-corrected chi connectivity index (χ1v) is 9.42. The number of aromatic nitrogens is 8. The Balaban J connectivity index is 1.29. The molecule has 0 aromatic carbocycles. The Morgan fingerprint density at radius 3 is 2.71 bits per heavy atom. The maximum Gasteiger partial charge on any atom is 0.332 e. The summed E-state index contributed by atoms with van der Waals surface area (Å²) in [6.07, 6.45) is 6.03. The predicted octanol–water partition coefficient (Wildman–Crippen LogP) is -1.10. The number of hydrogen-bond acceptors (Lipinski definition) is 9. The highest BCUT2D eigenvalue weighted by Crippen LogP contribution is 2.27. The highest BCUT2D eigenvalue weighted by molar-refractivity contribution is 5.79. The van der Waals surface area contributed by atoms with E-state index in [1.807, 2.05) is 0 Å². The molecule has 0 aliphatic carbocycles. The molecule has 13 heteroatoms. The van der Waals surface area contributed by atoms with Crippen LogP contribution in [0.3, 0.4) is 0 Å². The first kappa shape index (κ1) is 18.8. The summed E-state index contributed by atoms with van der Waals surface area (Å²) < 4.78 is 9.05. The molecular weight excluding hydrogens is 406 g/mol. The Morgan fingerprint density at radius 1 is 1.16 bits per heavy atom. The number of hydrogen-bond donors (Lipinski definition) is 0. The van der Waals surface area contributed by atoms with Crippen molar-refractivity contribution in [2.24, 2.45) is 14.1 Å². The molecule has 0 bridgehead atoms. The average molecular weight is 423 g/mol. The number of imidazole rings is 1. The zero-order valence-electron chi connectivity index (χ0n) is 16.7. The second-order valence-electron chi connectivity index (χ2n) is 7.29. The van der Waals surface area contributed by atoms with Gasteiger partial charge in [-0.1, -0.05) is 5.16 Å². The van der Waals surface area contributed by atoms with E-state index in [1.54, 1.807) is 23.5 Å². The van der Waals surface area contributed by atoms with Gasteiger partial charge in [-0.3, -0.25) is 23.7 Å². The van der Waals surface area contributed by atoms with Crippen molar-refractivity contribution in [2.75, 3.05) is 13.1 Å². The fourth-order valence-electron chi connectivity index (χ4n) is 3.52. The zero-order valence-corrected chi connectivity index (χ0v) is 16.7. The molecule has 13 nitrogen and oxygen atoms in total. The van der Waals surface area contributed by atoms with E-state index >= 15 is 0 Å². The normalized spacial score (nSPS) is 14.2. The van der Waals surface area contributed by atoms with E-state index in [9.17, 15) is 14.4 Å². The third-order valence-corrected chi connectivity index (χ3v) is 5.34. The van der Waals surface area contributed by atoms with Crippen LogP contribution in [0.15, 0.2) is 39.0 Å². The minimum absolute atomic E-state index is 0.0641. The predicted molar refractivity (Wildman–Crippen MR) is 105 cm³/mol. The summed E-state index contributed by atoms with van der Waals surface area (Å²) in [5, 5.41) is 3.92. The van der Waals surface area contributed by atoms with Gasteiger partial charge in [0.1, 0.15) is 12.2 Å². The Labute approximate surface area is 173 Å². The summed E-state index contributed by atoms with van der Waals surface area (Å²) in [5.74, 6) is 0.524. The van der Waals surface area contributed by atoms with Crippen molar-refractivity contribution in [1.82, 2.24) is 43.7 Å². The second kappa shape index (κ2) is 6.97. The third kappa shape index (κ3) is 3.01. The van der Waals surface area contributed by atoms with Gasteiger partial charge in [0, 0.05) is 39.6 Å². The molecule has 4 aromatic heterocycles. The lowest BCUT2D eigenvalue weighted by Crippen LogP contribution is -2.49. The minimum atomic E-state index is -0.493. The molecule has 5 rings (SSSR count). The number of carbonyl (C=O) groups is 1. The van der Waals surface area contributed by atoms with Gasteiger partial charge in [-0.15, -0.1) is 0 Å². The number of likely N-dealkylation sites (tertiary alicyclic amines) is 1. The third-order valence-electron chi connectivity index (χ3n) is 5.34. The van der Waals surface area contributed by atoms with Crippen molar-refractivity contribution >= 4 is 17.1 Å². The van der Waals surface area contributed by atoms with Gasteiger partial charge in [0.15, 0.2) is 11.2 Å². The lowest BCUT2D eigenvalue weighted by atomic mass is 10.00. The van der Waals surface area contributed by atoms with Crippen molar-refractivity contribution < 1.29 is 9.32 Å². The molecule has 31 heavy (non-hydrogen) atoms. The molecule has 158 valence electrons. The van der Waals surface area contributed by atoms with Gasteiger partial charge in [0.05, 0.1) is 18.4 Å². The molecule has 5 heterocycles. The highest BCUT2D eigenvalue weighted by atomic mass is 16.5. The molecule has 1 fully saturated rings. The van der Waals surface area contributed by atoms with E-state index in [0.717, 1.165) is 4.57 Å². The standard InChI is InChI=1S/C18H17N9O4/c1-24-15-13(17(29)25(2)18(24)30)27(9-21-15)8-12(28)26-6-10(7-26)16-22-14(23-31-16)11-5-19-3-4-20-11/h3-5,9-10H,6-8H2,1-2H3. The molecule has 0 radical (unpaired) electrons. The average Bonchev–Trinajstić information content (AvgIpc) is 3.38. The molecule has 1 saturated heterocycles. The van der Waals surface area contributed by atoms with Gasteiger partial charge < -0.3 is 14.0 Å². The monoisotopic (exact) mass is 423 g/mol. The fourth-order valence-corrected chi connectivity index (χ4v) is 3.52. The summed E-state index contributed by atoms with van der Waals surface area (Å²) in [6, 6.07) is 0. The van der Waals surface area contributed by atoms with Gasteiger partial charge >= 0.3 is 5.69 Å². The fraction of sp³-hybridized carbons (Fsp3) is 0.333. The lowest BCUT2D eigenvalue weighted by molar-refractivity contribution is -0.136. The molecule has 0 atom stereocenters. The summed E-state index contributed by atoms with van der Waals surface area (Å²) in [4.78, 5) is 55.5. The SMILES string of the molecule is Cn1c(=O)c2c(ncn2CC(=O)N2CC(c3nc(-c4cnccn4)no3)C2)n(C)c1=O. The van der Waals surface area contributed by atoms with Crippen molar-refractivity contribution in [3.05, 3.63) is 51.6 Å². The first-order chi connectivity index (χ1) is 14.9. The van der Waals surface area contributed by atoms with Crippen LogP contribution in [0.2, 0.25) is 0 Å². The molecule has 1 aliphatic heterocycles. The van der Waals surface area contributed by atoms with Crippen LogP contribution in [0.1, 0.15) is 11.8 Å². The van der Waals surface area contributed by atoms with E-state index in [4.69, 9.17) is 4.52 Å². The number of amides is 1. The van der Waals surface area contributed by atoms with Crippen LogP contribution in [0.25, 0.3) is 22.7 Å². The van der Waals surface area contributed by atoms with Gasteiger partial charge in [-0.25, -0.2) is 14.8 Å². The van der Waals surface area contributed by atoms with Gasteiger partial charge in [0.25, 0.3) is 5.56 Å². The summed E-state index contributed by atoms with van der Waals surface area (Å²) in [7, 11) is 2.92. The van der Waals surface area contributed by atoms with Crippen LogP contribution < -0.4 is 11.2 Å². The van der Waals surface area contributed by atoms with E-state index < -0.39 is 11.2 Å². The Bertz CT molecular complexity index is 1410. The van der Waals surface area contributed by atoms with Crippen molar-refractivity contribution in [3.8, 4) is 11.5 Å². The topological polar surface area (TPSA) is 147 Å². The van der Waals surface area contributed by atoms with Gasteiger partial charge in [-0.2, -0.15) is 4.98 Å². The number of rotatable bonds is 4. The van der Waals surface area contributed by atoms with Gasteiger partial charge in [-0.05, 0) is 0 Å². The molecule has 0 N–H and O–H groups in total. The highest BCUT2D eigenvalue weighted by Gasteiger charge is 2.36. The van der Waals surface area contributed by atoms with Gasteiger partial charge in [0.2, 0.25) is 17.6 Å². The number of aryl methyl sites for hydroxylation is 1. The van der Waals surface area contributed by atoms with Crippen LogP contribution in [0.4, 0.5) is 0 Å². The maximum absolute atomic E-state index is 12.7. The van der Waals surface area contributed by atoms with Crippen molar-refractivity contribution in [1.29, 1.82) is 0 Å². The smallest absolute Gasteiger partial charge is 0.332 e.